The van der Waals surface area contributed by atoms with Crippen molar-refractivity contribution in [3.05, 3.63) is 32.8 Å². The third kappa shape index (κ3) is 1.73. The fourth-order valence-corrected chi connectivity index (χ4v) is 2.83. The van der Waals surface area contributed by atoms with Gasteiger partial charge in [0.15, 0.2) is 13.8 Å². The predicted octanol–water partition coefficient (Wildman–Crippen LogP) is 3.86. The van der Waals surface area contributed by atoms with Crippen LogP contribution in [-0.2, 0) is 0 Å². The molecular formula is C11H7IN2OS. The first kappa shape index (κ1) is 10.2. The van der Waals surface area contributed by atoms with Gasteiger partial charge in [-0.3, -0.25) is 0 Å². The van der Waals surface area contributed by atoms with Crippen molar-refractivity contribution in [2.45, 2.75) is 6.92 Å². The van der Waals surface area contributed by atoms with Gasteiger partial charge in [-0.1, -0.05) is 23.0 Å². The smallest absolute Gasteiger partial charge is 0.184 e. The Kier molecular flexibility index (Phi) is 2.44. The standard InChI is InChI=1S/C11H7IN2OS/c1-6-2-3-8-7(4-6)5-9(15-8)10-13-14-11(12)16-10/h2-5H,1H3. The average Bonchev–Trinajstić information content (AvgIpc) is 2.83. The lowest BCUT2D eigenvalue weighted by molar-refractivity contribution is 0.630. The van der Waals surface area contributed by atoms with Crippen LogP contribution >= 0.6 is 33.9 Å². The van der Waals surface area contributed by atoms with Gasteiger partial charge in [0.25, 0.3) is 0 Å². The molecule has 0 aliphatic heterocycles. The molecular weight excluding hydrogens is 335 g/mol. The first-order valence-corrected chi connectivity index (χ1v) is 6.61. The van der Waals surface area contributed by atoms with Gasteiger partial charge in [0.2, 0.25) is 0 Å². The van der Waals surface area contributed by atoms with Crippen LogP contribution in [0.2, 0.25) is 0 Å². The molecule has 80 valence electrons. The second-order valence-electron chi connectivity index (χ2n) is 3.51. The second kappa shape index (κ2) is 3.81. The van der Waals surface area contributed by atoms with Gasteiger partial charge in [-0.15, -0.1) is 10.2 Å². The van der Waals surface area contributed by atoms with Crippen LogP contribution in [0.15, 0.2) is 28.7 Å². The minimum atomic E-state index is 0.793. The van der Waals surface area contributed by atoms with Crippen LogP contribution in [0.4, 0.5) is 0 Å². The van der Waals surface area contributed by atoms with Gasteiger partial charge in [-0.25, -0.2) is 0 Å². The summed E-state index contributed by atoms with van der Waals surface area (Å²) in [7, 11) is 0. The summed E-state index contributed by atoms with van der Waals surface area (Å²) >= 11 is 3.69. The van der Waals surface area contributed by atoms with Crippen LogP contribution in [0.3, 0.4) is 0 Å². The lowest BCUT2D eigenvalue weighted by atomic mass is 10.2. The minimum Gasteiger partial charge on any atom is -0.453 e. The van der Waals surface area contributed by atoms with Crippen LogP contribution in [0.25, 0.3) is 21.7 Å². The zero-order valence-corrected chi connectivity index (χ0v) is 11.4. The van der Waals surface area contributed by atoms with E-state index in [9.17, 15) is 0 Å². The Morgan fingerprint density at radius 2 is 2.12 bits per heavy atom. The molecule has 3 aromatic rings. The fraction of sp³-hybridized carbons (Fsp3) is 0.0909. The highest BCUT2D eigenvalue weighted by molar-refractivity contribution is 14.1. The molecule has 0 atom stereocenters. The zero-order valence-electron chi connectivity index (χ0n) is 8.40. The molecule has 2 aromatic heterocycles. The molecule has 16 heavy (non-hydrogen) atoms. The van der Waals surface area contributed by atoms with Crippen molar-refractivity contribution in [2.24, 2.45) is 0 Å². The van der Waals surface area contributed by atoms with Gasteiger partial charge in [0.1, 0.15) is 5.58 Å². The van der Waals surface area contributed by atoms with E-state index >= 15 is 0 Å². The number of halogens is 1. The summed E-state index contributed by atoms with van der Waals surface area (Å²) < 4.78 is 6.65. The molecule has 0 spiro atoms. The Labute approximate surface area is 110 Å². The molecule has 0 bridgehead atoms. The SMILES string of the molecule is Cc1ccc2oc(-c3nnc(I)s3)cc2c1. The number of benzene rings is 1. The molecule has 0 fully saturated rings. The number of nitrogens with zero attached hydrogens (tertiary/aromatic N) is 2. The number of hydrogen-bond acceptors (Lipinski definition) is 4. The second-order valence-corrected chi connectivity index (χ2v) is 6.24. The lowest BCUT2D eigenvalue weighted by Crippen LogP contribution is -1.71. The molecule has 2 heterocycles. The maximum absolute atomic E-state index is 5.73. The van der Waals surface area contributed by atoms with Gasteiger partial charge in [-0.2, -0.15) is 0 Å². The minimum absolute atomic E-state index is 0.793. The van der Waals surface area contributed by atoms with Crippen molar-refractivity contribution in [2.75, 3.05) is 0 Å². The summed E-state index contributed by atoms with van der Waals surface area (Å²) in [5, 5.41) is 9.99. The van der Waals surface area contributed by atoms with Crippen LogP contribution in [0, 0.1) is 9.94 Å². The van der Waals surface area contributed by atoms with Crippen LogP contribution < -0.4 is 0 Å². The van der Waals surface area contributed by atoms with E-state index in [4.69, 9.17) is 4.42 Å². The highest BCUT2D eigenvalue weighted by Gasteiger charge is 2.10. The van der Waals surface area contributed by atoms with Gasteiger partial charge in [-0.05, 0) is 47.7 Å². The van der Waals surface area contributed by atoms with Crippen molar-refractivity contribution in [1.82, 2.24) is 10.2 Å². The fourth-order valence-electron chi connectivity index (χ4n) is 1.57. The molecule has 3 nitrogen and oxygen atoms in total. The Morgan fingerprint density at radius 1 is 1.25 bits per heavy atom. The molecule has 1 aromatic carbocycles. The van der Waals surface area contributed by atoms with Crippen LogP contribution in [0.1, 0.15) is 5.56 Å². The predicted molar refractivity (Wildman–Crippen MR) is 72.6 cm³/mol. The Bertz CT molecular complexity index is 659. The third-order valence-corrected chi connectivity index (χ3v) is 3.89. The van der Waals surface area contributed by atoms with Crippen molar-refractivity contribution in [1.29, 1.82) is 0 Å². The number of hydrogen-bond donors (Lipinski definition) is 0. The van der Waals surface area contributed by atoms with E-state index in [1.807, 2.05) is 18.2 Å². The van der Waals surface area contributed by atoms with Gasteiger partial charge < -0.3 is 4.42 Å². The van der Waals surface area contributed by atoms with Crippen molar-refractivity contribution < 1.29 is 4.42 Å². The van der Waals surface area contributed by atoms with E-state index in [1.54, 1.807) is 0 Å². The van der Waals surface area contributed by atoms with Gasteiger partial charge >= 0.3 is 0 Å². The number of furan rings is 1. The summed E-state index contributed by atoms with van der Waals surface area (Å²) in [5.74, 6) is 0.793. The topological polar surface area (TPSA) is 38.9 Å². The van der Waals surface area contributed by atoms with Crippen molar-refractivity contribution >= 4 is 44.9 Å². The maximum atomic E-state index is 5.73. The van der Waals surface area contributed by atoms with Gasteiger partial charge in [0.05, 0.1) is 0 Å². The quantitative estimate of drug-likeness (QED) is 0.631. The Balaban J connectivity index is 2.18. The van der Waals surface area contributed by atoms with E-state index in [1.165, 1.54) is 16.9 Å². The van der Waals surface area contributed by atoms with Crippen molar-refractivity contribution in [3.63, 3.8) is 0 Å². The summed E-state index contributed by atoms with van der Waals surface area (Å²) in [5.41, 5.74) is 2.12. The summed E-state index contributed by atoms with van der Waals surface area (Å²) in [6.45, 7) is 2.07. The monoisotopic (exact) mass is 342 g/mol. The van der Waals surface area contributed by atoms with E-state index in [0.29, 0.717) is 0 Å². The van der Waals surface area contributed by atoms with E-state index in [-0.39, 0.29) is 0 Å². The van der Waals surface area contributed by atoms with E-state index < -0.39 is 0 Å². The molecule has 5 heteroatoms. The Hall–Kier alpha value is -0.950. The molecule has 0 unspecified atom stereocenters. The molecule has 0 amide bonds. The van der Waals surface area contributed by atoms with Crippen molar-refractivity contribution in [3.8, 4) is 10.8 Å². The first-order valence-electron chi connectivity index (χ1n) is 4.72. The average molecular weight is 342 g/mol. The van der Waals surface area contributed by atoms with E-state index in [2.05, 4.69) is 45.8 Å². The Morgan fingerprint density at radius 3 is 2.88 bits per heavy atom. The number of aryl methyl sites for hydroxylation is 1. The summed E-state index contributed by atoms with van der Waals surface area (Å²) in [6.07, 6.45) is 0. The first-order chi connectivity index (χ1) is 7.72. The highest BCUT2D eigenvalue weighted by Crippen LogP contribution is 2.30. The number of fused-ring (bicyclic) bond motifs is 1. The molecule has 3 rings (SSSR count). The lowest BCUT2D eigenvalue weighted by Gasteiger charge is -1.89. The maximum Gasteiger partial charge on any atom is 0.184 e. The number of aromatic nitrogens is 2. The van der Waals surface area contributed by atoms with Gasteiger partial charge in [0, 0.05) is 5.39 Å². The molecule has 0 saturated carbocycles. The molecule has 0 saturated heterocycles. The van der Waals surface area contributed by atoms with Crippen LogP contribution in [0.5, 0.6) is 0 Å². The molecule has 0 aliphatic carbocycles. The molecule has 0 N–H and O–H groups in total. The third-order valence-electron chi connectivity index (χ3n) is 2.28. The summed E-state index contributed by atoms with van der Waals surface area (Å²) in [6, 6.07) is 8.15. The zero-order chi connectivity index (χ0) is 11.1. The van der Waals surface area contributed by atoms with E-state index in [0.717, 1.165) is 24.8 Å². The molecule has 0 aliphatic rings. The molecule has 0 radical (unpaired) electrons. The van der Waals surface area contributed by atoms with Crippen LogP contribution in [-0.4, -0.2) is 10.2 Å². The largest absolute Gasteiger partial charge is 0.453 e. The summed E-state index contributed by atoms with van der Waals surface area (Å²) in [4.78, 5) is 0. The normalized spacial score (nSPS) is 11.1. The highest BCUT2D eigenvalue weighted by atomic mass is 127. The number of rotatable bonds is 1.